The first kappa shape index (κ1) is 13.9. The topological polar surface area (TPSA) is 29.1 Å². The Hall–Kier alpha value is -2.09. The van der Waals surface area contributed by atoms with Crippen LogP contribution in [0.3, 0.4) is 0 Å². The average molecular weight is 279 g/mol. The van der Waals surface area contributed by atoms with Crippen LogP contribution in [-0.2, 0) is 12.8 Å². The Balaban J connectivity index is 1.93. The largest absolute Gasteiger partial charge is 0.385 e. The van der Waals surface area contributed by atoms with Crippen LogP contribution in [0, 0.1) is 13.8 Å². The van der Waals surface area contributed by atoms with Gasteiger partial charge >= 0.3 is 0 Å². The maximum absolute atomic E-state index is 12.8. The maximum atomic E-state index is 12.8. The van der Waals surface area contributed by atoms with E-state index in [1.807, 2.05) is 18.2 Å². The second kappa shape index (κ2) is 5.72. The number of rotatable bonds is 3. The number of hydrogen-bond acceptors (Lipinski definition) is 2. The van der Waals surface area contributed by atoms with Gasteiger partial charge in [0.2, 0.25) is 0 Å². The molecule has 0 atom stereocenters. The molecule has 1 heterocycles. The van der Waals surface area contributed by atoms with Crippen LogP contribution in [0.15, 0.2) is 36.4 Å². The first-order valence-corrected chi connectivity index (χ1v) is 7.61. The third-order valence-corrected chi connectivity index (χ3v) is 4.38. The molecule has 1 aliphatic heterocycles. The maximum Gasteiger partial charge on any atom is 0.167 e. The van der Waals surface area contributed by atoms with E-state index in [0.717, 1.165) is 30.6 Å². The lowest BCUT2D eigenvalue weighted by molar-refractivity contribution is 0.0991. The molecular formula is C19H21NO. The van der Waals surface area contributed by atoms with Gasteiger partial charge in [0.15, 0.2) is 5.78 Å². The molecule has 0 amide bonds. The van der Waals surface area contributed by atoms with Crippen LogP contribution in [-0.4, -0.2) is 12.3 Å². The van der Waals surface area contributed by atoms with Gasteiger partial charge in [0.1, 0.15) is 0 Å². The quantitative estimate of drug-likeness (QED) is 0.857. The van der Waals surface area contributed by atoms with Gasteiger partial charge in [-0.2, -0.15) is 0 Å². The second-order valence-corrected chi connectivity index (χ2v) is 5.83. The first-order chi connectivity index (χ1) is 10.2. The van der Waals surface area contributed by atoms with E-state index in [1.165, 1.54) is 22.3 Å². The van der Waals surface area contributed by atoms with E-state index in [-0.39, 0.29) is 5.78 Å². The number of aryl methyl sites for hydroxylation is 2. The minimum atomic E-state index is 0.230. The van der Waals surface area contributed by atoms with Gasteiger partial charge in [-0.15, -0.1) is 0 Å². The zero-order chi connectivity index (χ0) is 14.8. The Morgan fingerprint density at radius 1 is 1.10 bits per heavy atom. The summed E-state index contributed by atoms with van der Waals surface area (Å²) >= 11 is 0. The van der Waals surface area contributed by atoms with E-state index in [2.05, 4.69) is 37.4 Å². The molecule has 2 nitrogen and oxygen atoms in total. The van der Waals surface area contributed by atoms with Crippen molar-refractivity contribution < 1.29 is 4.79 Å². The van der Waals surface area contributed by atoms with Crippen molar-refractivity contribution in [2.24, 2.45) is 0 Å². The molecule has 1 aliphatic rings. The summed E-state index contributed by atoms with van der Waals surface area (Å²) in [6, 6.07) is 12.2. The molecule has 0 fully saturated rings. The Morgan fingerprint density at radius 2 is 1.81 bits per heavy atom. The number of benzene rings is 2. The highest BCUT2D eigenvalue weighted by molar-refractivity contribution is 6.00. The van der Waals surface area contributed by atoms with Crippen LogP contribution in [0.4, 0.5) is 5.69 Å². The van der Waals surface area contributed by atoms with E-state index in [1.54, 1.807) is 0 Å². The molecule has 0 spiro atoms. The molecule has 0 radical (unpaired) electrons. The van der Waals surface area contributed by atoms with Gasteiger partial charge in [-0.05, 0) is 55.0 Å². The van der Waals surface area contributed by atoms with Crippen LogP contribution in [0.1, 0.15) is 39.0 Å². The van der Waals surface area contributed by atoms with Gasteiger partial charge in [0.25, 0.3) is 0 Å². The summed E-state index contributed by atoms with van der Waals surface area (Å²) in [5, 5.41) is 3.39. The molecule has 0 saturated carbocycles. The molecule has 2 aromatic carbocycles. The Bertz CT molecular complexity index is 668. The van der Waals surface area contributed by atoms with Gasteiger partial charge < -0.3 is 5.32 Å². The minimum absolute atomic E-state index is 0.230. The number of anilines is 1. The van der Waals surface area contributed by atoms with Crippen LogP contribution in [0.5, 0.6) is 0 Å². The summed E-state index contributed by atoms with van der Waals surface area (Å²) in [6.45, 7) is 5.16. The highest BCUT2D eigenvalue weighted by Crippen LogP contribution is 2.27. The van der Waals surface area contributed by atoms with Gasteiger partial charge in [0, 0.05) is 24.2 Å². The van der Waals surface area contributed by atoms with Crippen molar-refractivity contribution in [3.63, 3.8) is 0 Å². The van der Waals surface area contributed by atoms with Crippen LogP contribution >= 0.6 is 0 Å². The summed E-state index contributed by atoms with van der Waals surface area (Å²) < 4.78 is 0. The minimum Gasteiger partial charge on any atom is -0.385 e. The van der Waals surface area contributed by atoms with E-state index in [0.29, 0.717) is 6.42 Å². The molecule has 0 aliphatic carbocycles. The molecule has 0 unspecified atom stereocenters. The fourth-order valence-electron chi connectivity index (χ4n) is 3.15. The standard InChI is InChI=1S/C19H21NO/c1-13-6-3-7-14(2)17(13)12-19(21)16-8-4-10-18-15(16)9-5-11-20-18/h3-4,6-8,10,20H,5,9,11-12H2,1-2H3. The van der Waals surface area contributed by atoms with Crippen molar-refractivity contribution in [1.82, 2.24) is 0 Å². The van der Waals surface area contributed by atoms with E-state index in [4.69, 9.17) is 0 Å². The third-order valence-electron chi connectivity index (χ3n) is 4.38. The molecule has 0 bridgehead atoms. The van der Waals surface area contributed by atoms with Crippen molar-refractivity contribution in [3.8, 4) is 0 Å². The summed E-state index contributed by atoms with van der Waals surface area (Å²) in [5.41, 5.74) is 6.79. The van der Waals surface area contributed by atoms with E-state index >= 15 is 0 Å². The van der Waals surface area contributed by atoms with Crippen molar-refractivity contribution >= 4 is 11.5 Å². The first-order valence-electron chi connectivity index (χ1n) is 7.61. The van der Waals surface area contributed by atoms with Crippen molar-refractivity contribution in [2.45, 2.75) is 33.1 Å². The Kier molecular flexibility index (Phi) is 3.78. The number of ketones is 1. The van der Waals surface area contributed by atoms with E-state index in [9.17, 15) is 4.79 Å². The second-order valence-electron chi connectivity index (χ2n) is 5.83. The predicted octanol–water partition coefficient (Wildman–Crippen LogP) is 4.09. The highest BCUT2D eigenvalue weighted by atomic mass is 16.1. The molecule has 1 N–H and O–H groups in total. The molecule has 108 valence electrons. The summed E-state index contributed by atoms with van der Waals surface area (Å²) in [4.78, 5) is 12.8. The molecule has 2 aromatic rings. The van der Waals surface area contributed by atoms with Crippen LogP contribution in [0.25, 0.3) is 0 Å². The summed E-state index contributed by atoms with van der Waals surface area (Å²) in [7, 11) is 0. The van der Waals surface area contributed by atoms with Gasteiger partial charge in [-0.3, -0.25) is 4.79 Å². The highest BCUT2D eigenvalue weighted by Gasteiger charge is 2.18. The molecule has 2 heteroatoms. The fraction of sp³-hybridized carbons (Fsp3) is 0.316. The number of Topliss-reactive ketones (excluding diaryl/α,β-unsaturated/α-hetero) is 1. The van der Waals surface area contributed by atoms with Crippen molar-refractivity contribution in [3.05, 3.63) is 64.2 Å². The number of carbonyl (C=O) groups excluding carboxylic acids is 1. The third kappa shape index (κ3) is 2.71. The zero-order valence-electron chi connectivity index (χ0n) is 12.7. The van der Waals surface area contributed by atoms with Crippen LogP contribution in [0.2, 0.25) is 0 Å². The molecule has 3 rings (SSSR count). The number of fused-ring (bicyclic) bond motifs is 1. The summed E-state index contributed by atoms with van der Waals surface area (Å²) in [5.74, 6) is 0.230. The van der Waals surface area contributed by atoms with Crippen molar-refractivity contribution in [1.29, 1.82) is 0 Å². The summed E-state index contributed by atoms with van der Waals surface area (Å²) in [6.07, 6.45) is 2.59. The molecule has 0 aromatic heterocycles. The lowest BCUT2D eigenvalue weighted by Gasteiger charge is -2.20. The normalized spacial score (nSPS) is 13.4. The van der Waals surface area contributed by atoms with Crippen LogP contribution < -0.4 is 5.32 Å². The Morgan fingerprint density at radius 3 is 2.57 bits per heavy atom. The van der Waals surface area contributed by atoms with Crippen molar-refractivity contribution in [2.75, 3.05) is 11.9 Å². The van der Waals surface area contributed by atoms with E-state index < -0.39 is 0 Å². The molecular weight excluding hydrogens is 258 g/mol. The number of carbonyl (C=O) groups is 1. The Labute approximate surface area is 126 Å². The number of nitrogens with one attached hydrogen (secondary N) is 1. The van der Waals surface area contributed by atoms with Gasteiger partial charge in [-0.25, -0.2) is 0 Å². The van der Waals surface area contributed by atoms with Gasteiger partial charge in [0.05, 0.1) is 0 Å². The smallest absolute Gasteiger partial charge is 0.167 e. The fourth-order valence-corrected chi connectivity index (χ4v) is 3.15. The van der Waals surface area contributed by atoms with Gasteiger partial charge in [-0.1, -0.05) is 30.3 Å². The molecule has 21 heavy (non-hydrogen) atoms. The molecule has 0 saturated heterocycles. The number of hydrogen-bond donors (Lipinski definition) is 1. The zero-order valence-corrected chi connectivity index (χ0v) is 12.7. The lowest BCUT2D eigenvalue weighted by Crippen LogP contribution is -2.16. The average Bonchev–Trinajstić information content (AvgIpc) is 2.50. The predicted molar refractivity (Wildman–Crippen MR) is 87.2 cm³/mol. The lowest BCUT2D eigenvalue weighted by atomic mass is 9.90. The monoisotopic (exact) mass is 279 g/mol. The SMILES string of the molecule is Cc1cccc(C)c1CC(=O)c1cccc2c1CCCN2.